The smallest absolute Gasteiger partial charge is 0.226 e. The highest BCUT2D eigenvalue weighted by molar-refractivity contribution is 9.10. The van der Waals surface area contributed by atoms with Crippen LogP contribution in [-0.4, -0.2) is 10.1 Å². The van der Waals surface area contributed by atoms with Crippen molar-refractivity contribution in [2.24, 2.45) is 0 Å². The second-order valence-electron chi connectivity index (χ2n) is 2.85. The Morgan fingerprint density at radius 3 is 2.79 bits per heavy atom. The van der Waals surface area contributed by atoms with E-state index in [4.69, 9.17) is 4.52 Å². The van der Waals surface area contributed by atoms with Crippen molar-refractivity contribution in [1.82, 2.24) is 10.1 Å². The van der Waals surface area contributed by atoms with Crippen LogP contribution in [0.5, 0.6) is 0 Å². The summed E-state index contributed by atoms with van der Waals surface area (Å²) >= 11 is 3.44. The van der Waals surface area contributed by atoms with Crippen LogP contribution in [0.25, 0.3) is 11.4 Å². The molecule has 3 nitrogen and oxygen atoms in total. The van der Waals surface area contributed by atoms with E-state index in [1.807, 2.05) is 31.2 Å². The molecular weight excluding hydrogens is 244 g/mol. The maximum Gasteiger partial charge on any atom is 0.226 e. The highest BCUT2D eigenvalue weighted by atomic mass is 79.9. The van der Waals surface area contributed by atoms with Gasteiger partial charge in [-0.15, -0.1) is 0 Å². The molecule has 1 aromatic carbocycles. The average Bonchev–Trinajstić information content (AvgIpc) is 2.67. The van der Waals surface area contributed by atoms with E-state index in [0.29, 0.717) is 11.7 Å². The molecule has 0 aliphatic rings. The molecule has 1 heterocycles. The van der Waals surface area contributed by atoms with Crippen molar-refractivity contribution in [2.75, 3.05) is 0 Å². The molecule has 1 aromatic heterocycles. The fraction of sp³-hybridized carbons (Fsp3) is 0.200. The maximum atomic E-state index is 5.04. The lowest BCUT2D eigenvalue weighted by molar-refractivity contribution is 0.383. The average molecular weight is 253 g/mol. The van der Waals surface area contributed by atoms with E-state index in [9.17, 15) is 0 Å². The molecule has 0 aliphatic carbocycles. The summed E-state index contributed by atoms with van der Waals surface area (Å²) in [6.07, 6.45) is 0.761. The Kier molecular flexibility index (Phi) is 2.63. The van der Waals surface area contributed by atoms with Crippen LogP contribution in [0.3, 0.4) is 0 Å². The zero-order valence-electron chi connectivity index (χ0n) is 7.70. The van der Waals surface area contributed by atoms with Crippen LogP contribution < -0.4 is 0 Å². The van der Waals surface area contributed by atoms with E-state index in [1.165, 1.54) is 0 Å². The van der Waals surface area contributed by atoms with Gasteiger partial charge >= 0.3 is 0 Å². The molecular formula is C10H9BrN2O. The number of halogens is 1. The zero-order chi connectivity index (χ0) is 9.97. The second kappa shape index (κ2) is 3.92. The van der Waals surface area contributed by atoms with Gasteiger partial charge in [0.2, 0.25) is 11.7 Å². The van der Waals surface area contributed by atoms with Crippen LogP contribution in [0.1, 0.15) is 12.8 Å². The highest BCUT2D eigenvalue weighted by Gasteiger charge is 2.09. The summed E-state index contributed by atoms with van der Waals surface area (Å²) in [4.78, 5) is 4.25. The fourth-order valence-electron chi connectivity index (χ4n) is 1.15. The van der Waals surface area contributed by atoms with Gasteiger partial charge in [-0.2, -0.15) is 4.98 Å². The molecule has 0 aliphatic heterocycles. The molecule has 4 heteroatoms. The number of aromatic nitrogens is 2. The lowest BCUT2D eigenvalue weighted by Crippen LogP contribution is -1.83. The standard InChI is InChI=1S/C10H9BrN2O/c1-2-9-12-10(13-14-9)7-5-3-4-6-8(7)11/h3-6H,2H2,1H3. The molecule has 0 amide bonds. The van der Waals surface area contributed by atoms with Gasteiger partial charge in [-0.3, -0.25) is 0 Å². The van der Waals surface area contributed by atoms with Gasteiger partial charge < -0.3 is 4.52 Å². The molecule has 0 bridgehead atoms. The summed E-state index contributed by atoms with van der Waals surface area (Å²) in [5.74, 6) is 1.30. The van der Waals surface area contributed by atoms with Crippen molar-refractivity contribution in [2.45, 2.75) is 13.3 Å². The van der Waals surface area contributed by atoms with Gasteiger partial charge in [-0.05, 0) is 12.1 Å². The molecule has 0 saturated carbocycles. The van der Waals surface area contributed by atoms with E-state index < -0.39 is 0 Å². The van der Waals surface area contributed by atoms with E-state index >= 15 is 0 Å². The van der Waals surface area contributed by atoms with E-state index in [-0.39, 0.29) is 0 Å². The zero-order valence-corrected chi connectivity index (χ0v) is 9.28. The van der Waals surface area contributed by atoms with Crippen molar-refractivity contribution in [3.05, 3.63) is 34.6 Å². The van der Waals surface area contributed by atoms with Gasteiger partial charge in [0.25, 0.3) is 0 Å². The lowest BCUT2D eigenvalue weighted by Gasteiger charge is -1.96. The monoisotopic (exact) mass is 252 g/mol. The van der Waals surface area contributed by atoms with Crippen molar-refractivity contribution in [1.29, 1.82) is 0 Å². The first-order chi connectivity index (χ1) is 6.81. The molecule has 0 atom stereocenters. The van der Waals surface area contributed by atoms with Crippen LogP contribution in [0.15, 0.2) is 33.3 Å². The number of nitrogens with zero attached hydrogens (tertiary/aromatic N) is 2. The quantitative estimate of drug-likeness (QED) is 0.825. The Labute approximate surface area is 90.3 Å². The number of hydrogen-bond donors (Lipinski definition) is 0. The van der Waals surface area contributed by atoms with E-state index in [2.05, 4.69) is 26.1 Å². The minimum absolute atomic E-state index is 0.634. The summed E-state index contributed by atoms with van der Waals surface area (Å²) < 4.78 is 6.02. The van der Waals surface area contributed by atoms with Gasteiger partial charge in [0.15, 0.2) is 0 Å². The molecule has 0 unspecified atom stereocenters. The van der Waals surface area contributed by atoms with Crippen LogP contribution in [0.4, 0.5) is 0 Å². The summed E-state index contributed by atoms with van der Waals surface area (Å²) in [6, 6.07) is 7.81. The van der Waals surface area contributed by atoms with Gasteiger partial charge in [-0.1, -0.05) is 40.1 Å². The summed E-state index contributed by atoms with van der Waals surface area (Å²) in [7, 11) is 0. The van der Waals surface area contributed by atoms with Crippen LogP contribution in [-0.2, 0) is 6.42 Å². The molecule has 2 aromatic rings. The van der Waals surface area contributed by atoms with Crippen molar-refractivity contribution in [3.8, 4) is 11.4 Å². The van der Waals surface area contributed by atoms with Crippen LogP contribution >= 0.6 is 15.9 Å². The molecule has 0 spiro atoms. The molecule has 0 saturated heterocycles. The van der Waals surface area contributed by atoms with Gasteiger partial charge in [0.05, 0.1) is 0 Å². The number of aryl methyl sites for hydroxylation is 1. The topological polar surface area (TPSA) is 38.9 Å². The van der Waals surface area contributed by atoms with Gasteiger partial charge in [0.1, 0.15) is 0 Å². The van der Waals surface area contributed by atoms with E-state index in [1.54, 1.807) is 0 Å². The second-order valence-corrected chi connectivity index (χ2v) is 3.70. The normalized spacial score (nSPS) is 10.4. The first kappa shape index (κ1) is 9.40. The molecule has 14 heavy (non-hydrogen) atoms. The Balaban J connectivity index is 2.44. The lowest BCUT2D eigenvalue weighted by atomic mass is 10.2. The first-order valence-electron chi connectivity index (χ1n) is 4.38. The number of benzene rings is 1. The number of hydrogen-bond acceptors (Lipinski definition) is 3. The summed E-state index contributed by atoms with van der Waals surface area (Å²) in [6.45, 7) is 1.98. The maximum absolute atomic E-state index is 5.04. The SMILES string of the molecule is CCc1nc(-c2ccccc2Br)no1. The molecule has 0 radical (unpaired) electrons. The minimum Gasteiger partial charge on any atom is -0.339 e. The molecule has 2 rings (SSSR count). The van der Waals surface area contributed by atoms with Gasteiger partial charge in [-0.25, -0.2) is 0 Å². The van der Waals surface area contributed by atoms with Crippen LogP contribution in [0, 0.1) is 0 Å². The third-order valence-corrected chi connectivity index (χ3v) is 2.58. The Bertz CT molecular complexity index is 439. The van der Waals surface area contributed by atoms with Gasteiger partial charge in [0, 0.05) is 16.5 Å². The number of rotatable bonds is 2. The van der Waals surface area contributed by atoms with Crippen molar-refractivity contribution < 1.29 is 4.52 Å². The Morgan fingerprint density at radius 2 is 2.14 bits per heavy atom. The third kappa shape index (κ3) is 1.70. The third-order valence-electron chi connectivity index (χ3n) is 1.89. The van der Waals surface area contributed by atoms with Crippen molar-refractivity contribution in [3.63, 3.8) is 0 Å². The Hall–Kier alpha value is -1.16. The van der Waals surface area contributed by atoms with Crippen LogP contribution in [0.2, 0.25) is 0 Å². The fourth-order valence-corrected chi connectivity index (χ4v) is 1.61. The van der Waals surface area contributed by atoms with E-state index in [0.717, 1.165) is 16.5 Å². The Morgan fingerprint density at radius 1 is 1.36 bits per heavy atom. The molecule has 72 valence electrons. The largest absolute Gasteiger partial charge is 0.339 e. The summed E-state index contributed by atoms with van der Waals surface area (Å²) in [5, 5.41) is 3.90. The predicted octanol–water partition coefficient (Wildman–Crippen LogP) is 3.06. The first-order valence-corrected chi connectivity index (χ1v) is 5.18. The predicted molar refractivity (Wildman–Crippen MR) is 56.8 cm³/mol. The molecule has 0 fully saturated rings. The highest BCUT2D eigenvalue weighted by Crippen LogP contribution is 2.25. The summed E-state index contributed by atoms with van der Waals surface area (Å²) in [5.41, 5.74) is 0.955. The molecule has 0 N–H and O–H groups in total. The minimum atomic E-state index is 0.634. The van der Waals surface area contributed by atoms with Crippen molar-refractivity contribution >= 4 is 15.9 Å².